The first-order valence-corrected chi connectivity index (χ1v) is 6.70. The van der Waals surface area contributed by atoms with Crippen LogP contribution in [0.2, 0.25) is 0 Å². The smallest absolute Gasteiger partial charge is 0.129 e. The number of anilines is 1. The molecule has 1 aliphatic rings. The van der Waals surface area contributed by atoms with Gasteiger partial charge in [-0.05, 0) is 50.3 Å². The van der Waals surface area contributed by atoms with Gasteiger partial charge in [0.2, 0.25) is 0 Å². The van der Waals surface area contributed by atoms with Crippen LogP contribution in [-0.2, 0) is 0 Å². The molecular weight excluding hydrogens is 210 g/mol. The number of hydrogen-bond donors (Lipinski definition) is 1. The predicted octanol–water partition coefficient (Wildman–Crippen LogP) is 2.87. The van der Waals surface area contributed by atoms with Crippen molar-refractivity contribution in [3.05, 3.63) is 23.9 Å². The first-order valence-electron chi connectivity index (χ1n) is 6.70. The van der Waals surface area contributed by atoms with Crippen LogP contribution >= 0.6 is 0 Å². The van der Waals surface area contributed by atoms with E-state index in [2.05, 4.69) is 22.9 Å². The summed E-state index contributed by atoms with van der Waals surface area (Å²) in [5.74, 6) is 1.10. The summed E-state index contributed by atoms with van der Waals surface area (Å²) in [6, 6.07) is 4.90. The highest BCUT2D eigenvalue weighted by atomic mass is 15.2. The van der Waals surface area contributed by atoms with E-state index in [4.69, 9.17) is 5.73 Å². The summed E-state index contributed by atoms with van der Waals surface area (Å²) in [7, 11) is 0. The van der Waals surface area contributed by atoms with Gasteiger partial charge in [0.05, 0.1) is 0 Å². The third kappa shape index (κ3) is 2.78. The number of piperidine rings is 1. The van der Waals surface area contributed by atoms with Crippen LogP contribution in [0.15, 0.2) is 18.3 Å². The average Bonchev–Trinajstić information content (AvgIpc) is 2.39. The minimum atomic E-state index is 0.0848. The molecule has 0 amide bonds. The molecule has 1 fully saturated rings. The van der Waals surface area contributed by atoms with E-state index >= 15 is 0 Å². The van der Waals surface area contributed by atoms with Gasteiger partial charge in [0.1, 0.15) is 5.82 Å². The third-order valence-electron chi connectivity index (χ3n) is 3.69. The standard InChI is InChI=1S/C14H23N3/c1-3-13-6-4-5-9-17(13)14-10-12(11(2)15)7-8-16-14/h7-8,10-11,13H,3-6,9,15H2,1-2H3/t11-,13?/m0/s1. The molecule has 0 aromatic carbocycles. The van der Waals surface area contributed by atoms with Crippen LogP contribution in [0.4, 0.5) is 5.82 Å². The number of nitrogens with two attached hydrogens (primary N) is 1. The highest BCUT2D eigenvalue weighted by Crippen LogP contribution is 2.26. The van der Waals surface area contributed by atoms with Gasteiger partial charge in [-0.2, -0.15) is 0 Å². The normalized spacial score (nSPS) is 22.5. The highest BCUT2D eigenvalue weighted by Gasteiger charge is 2.22. The molecule has 0 saturated carbocycles. The molecule has 1 aromatic rings. The molecule has 2 rings (SSSR count). The van der Waals surface area contributed by atoms with Gasteiger partial charge in [-0.1, -0.05) is 6.92 Å². The predicted molar refractivity (Wildman–Crippen MR) is 72.1 cm³/mol. The molecule has 1 aromatic heterocycles. The van der Waals surface area contributed by atoms with E-state index in [0.717, 1.165) is 12.4 Å². The van der Waals surface area contributed by atoms with Gasteiger partial charge in [0.25, 0.3) is 0 Å². The molecule has 0 radical (unpaired) electrons. The molecule has 94 valence electrons. The lowest BCUT2D eigenvalue weighted by Gasteiger charge is -2.36. The van der Waals surface area contributed by atoms with E-state index in [1.807, 2.05) is 19.2 Å². The fourth-order valence-corrected chi connectivity index (χ4v) is 2.60. The minimum absolute atomic E-state index is 0.0848. The summed E-state index contributed by atoms with van der Waals surface area (Å²) in [5, 5.41) is 0. The van der Waals surface area contributed by atoms with E-state index in [-0.39, 0.29) is 6.04 Å². The summed E-state index contributed by atoms with van der Waals surface area (Å²) >= 11 is 0. The van der Waals surface area contributed by atoms with Gasteiger partial charge in [0, 0.05) is 24.8 Å². The Labute approximate surface area is 104 Å². The van der Waals surface area contributed by atoms with Crippen molar-refractivity contribution in [2.45, 2.75) is 51.6 Å². The Kier molecular flexibility index (Phi) is 4.00. The summed E-state index contributed by atoms with van der Waals surface area (Å²) < 4.78 is 0. The van der Waals surface area contributed by atoms with Crippen molar-refractivity contribution < 1.29 is 0 Å². The number of aromatic nitrogens is 1. The Morgan fingerprint density at radius 3 is 3.06 bits per heavy atom. The lowest BCUT2D eigenvalue weighted by molar-refractivity contribution is 0.446. The Hall–Kier alpha value is -1.09. The molecule has 0 bridgehead atoms. The minimum Gasteiger partial charge on any atom is -0.354 e. The van der Waals surface area contributed by atoms with Crippen LogP contribution < -0.4 is 10.6 Å². The number of pyridine rings is 1. The Morgan fingerprint density at radius 1 is 1.53 bits per heavy atom. The van der Waals surface area contributed by atoms with E-state index in [0.29, 0.717) is 6.04 Å². The Balaban J connectivity index is 2.22. The van der Waals surface area contributed by atoms with Gasteiger partial charge < -0.3 is 10.6 Å². The molecule has 2 N–H and O–H groups in total. The highest BCUT2D eigenvalue weighted by molar-refractivity contribution is 5.43. The second-order valence-electron chi connectivity index (χ2n) is 4.99. The fourth-order valence-electron chi connectivity index (χ4n) is 2.60. The first-order chi connectivity index (χ1) is 8.22. The van der Waals surface area contributed by atoms with Crippen LogP contribution in [0.1, 0.15) is 51.1 Å². The van der Waals surface area contributed by atoms with E-state index in [1.54, 1.807) is 0 Å². The summed E-state index contributed by atoms with van der Waals surface area (Å²) in [6.07, 6.45) is 7.00. The van der Waals surface area contributed by atoms with Crippen molar-refractivity contribution >= 4 is 5.82 Å². The maximum atomic E-state index is 5.93. The van der Waals surface area contributed by atoms with E-state index in [1.165, 1.54) is 31.2 Å². The molecule has 17 heavy (non-hydrogen) atoms. The molecule has 0 aliphatic carbocycles. The summed E-state index contributed by atoms with van der Waals surface area (Å²) in [6.45, 7) is 5.42. The summed E-state index contributed by atoms with van der Waals surface area (Å²) in [5.41, 5.74) is 7.11. The van der Waals surface area contributed by atoms with Crippen molar-refractivity contribution in [2.24, 2.45) is 5.73 Å². The average molecular weight is 233 g/mol. The maximum absolute atomic E-state index is 5.93. The molecule has 1 saturated heterocycles. The summed E-state index contributed by atoms with van der Waals surface area (Å²) in [4.78, 5) is 6.97. The SMILES string of the molecule is CCC1CCCCN1c1cc([C@H](C)N)ccn1. The fraction of sp³-hybridized carbons (Fsp3) is 0.643. The first kappa shape index (κ1) is 12.4. The van der Waals surface area contributed by atoms with Crippen LogP contribution in [0.25, 0.3) is 0 Å². The number of nitrogens with zero attached hydrogens (tertiary/aromatic N) is 2. The van der Waals surface area contributed by atoms with Gasteiger partial charge in [-0.25, -0.2) is 4.98 Å². The van der Waals surface area contributed by atoms with Gasteiger partial charge in [-0.15, -0.1) is 0 Å². The molecule has 0 spiro atoms. The van der Waals surface area contributed by atoms with Crippen LogP contribution in [0, 0.1) is 0 Å². The largest absolute Gasteiger partial charge is 0.354 e. The van der Waals surface area contributed by atoms with Crippen molar-refractivity contribution in [1.82, 2.24) is 4.98 Å². The molecule has 3 nitrogen and oxygen atoms in total. The topological polar surface area (TPSA) is 42.1 Å². The lowest BCUT2D eigenvalue weighted by atomic mass is 9.99. The zero-order valence-corrected chi connectivity index (χ0v) is 10.9. The third-order valence-corrected chi connectivity index (χ3v) is 3.69. The van der Waals surface area contributed by atoms with Gasteiger partial charge in [0.15, 0.2) is 0 Å². The van der Waals surface area contributed by atoms with Gasteiger partial charge >= 0.3 is 0 Å². The van der Waals surface area contributed by atoms with Crippen LogP contribution in [-0.4, -0.2) is 17.6 Å². The Morgan fingerprint density at radius 2 is 2.35 bits per heavy atom. The van der Waals surface area contributed by atoms with Crippen molar-refractivity contribution in [3.63, 3.8) is 0 Å². The van der Waals surface area contributed by atoms with Crippen LogP contribution in [0.5, 0.6) is 0 Å². The zero-order valence-electron chi connectivity index (χ0n) is 10.9. The van der Waals surface area contributed by atoms with Crippen molar-refractivity contribution in [2.75, 3.05) is 11.4 Å². The Bertz CT molecular complexity index is 362. The second-order valence-corrected chi connectivity index (χ2v) is 4.99. The second kappa shape index (κ2) is 5.50. The monoisotopic (exact) mass is 233 g/mol. The molecular formula is C14H23N3. The van der Waals surface area contributed by atoms with Gasteiger partial charge in [-0.3, -0.25) is 0 Å². The number of hydrogen-bond acceptors (Lipinski definition) is 3. The maximum Gasteiger partial charge on any atom is 0.129 e. The van der Waals surface area contributed by atoms with Crippen molar-refractivity contribution in [1.29, 1.82) is 0 Å². The molecule has 2 heterocycles. The van der Waals surface area contributed by atoms with E-state index in [9.17, 15) is 0 Å². The molecule has 1 unspecified atom stereocenters. The quantitative estimate of drug-likeness (QED) is 0.873. The molecule has 2 atom stereocenters. The number of rotatable bonds is 3. The molecule has 3 heteroatoms. The zero-order chi connectivity index (χ0) is 12.3. The molecule has 1 aliphatic heterocycles. The van der Waals surface area contributed by atoms with Crippen molar-refractivity contribution in [3.8, 4) is 0 Å². The lowest BCUT2D eigenvalue weighted by Crippen LogP contribution is -2.39. The van der Waals surface area contributed by atoms with Crippen LogP contribution in [0.3, 0.4) is 0 Å². The van der Waals surface area contributed by atoms with E-state index < -0.39 is 0 Å².